The van der Waals surface area contributed by atoms with Crippen LogP contribution in [0, 0.1) is 0 Å². The zero-order valence-corrected chi connectivity index (χ0v) is 14.6. The first-order valence-corrected chi connectivity index (χ1v) is 7.60. The van der Waals surface area contributed by atoms with Crippen molar-refractivity contribution in [2.45, 2.75) is 3.46 Å². The average Bonchev–Trinajstić information content (AvgIpc) is 2.85. The van der Waals surface area contributed by atoms with E-state index in [0.717, 1.165) is 0 Å². The summed E-state index contributed by atoms with van der Waals surface area (Å²) in [4.78, 5) is 0. The number of hydrogen-bond acceptors (Lipinski definition) is 0. The second-order valence-electron chi connectivity index (χ2n) is 4.33. The molecule has 1 heterocycles. The van der Waals surface area contributed by atoms with E-state index in [9.17, 15) is 0 Å². The van der Waals surface area contributed by atoms with Crippen molar-refractivity contribution in [1.29, 1.82) is 0 Å². The Labute approximate surface area is 145 Å². The Morgan fingerprint density at radius 2 is 1.35 bits per heavy atom. The van der Waals surface area contributed by atoms with E-state index in [-0.39, 0.29) is 28.3 Å². The SMILES string of the molecule is [Cl-].[Cl-].[Ti+2][C]1(c2ccccc2)C=CC(c2ccccc2)=P1. The van der Waals surface area contributed by atoms with Gasteiger partial charge < -0.3 is 24.8 Å². The van der Waals surface area contributed by atoms with Gasteiger partial charge in [0.1, 0.15) is 0 Å². The van der Waals surface area contributed by atoms with E-state index < -0.39 is 0 Å². The first-order chi connectivity index (χ1) is 8.78. The molecular weight excluding hydrogens is 342 g/mol. The van der Waals surface area contributed by atoms with Gasteiger partial charge in [-0.15, -0.1) is 0 Å². The van der Waals surface area contributed by atoms with E-state index in [0.29, 0.717) is 0 Å². The number of halogens is 2. The van der Waals surface area contributed by atoms with Crippen molar-refractivity contribution >= 4 is 13.5 Å². The Morgan fingerprint density at radius 3 is 1.95 bits per heavy atom. The van der Waals surface area contributed by atoms with Crippen LogP contribution in [0.5, 0.6) is 0 Å². The van der Waals surface area contributed by atoms with Crippen LogP contribution in [-0.4, -0.2) is 5.29 Å². The predicted molar refractivity (Wildman–Crippen MR) is 74.7 cm³/mol. The van der Waals surface area contributed by atoms with Crippen LogP contribution in [0.4, 0.5) is 0 Å². The molecule has 2 aromatic carbocycles. The van der Waals surface area contributed by atoms with E-state index in [1.807, 2.05) is 0 Å². The molecular formula is C16H12Cl2PTi. The first-order valence-electron chi connectivity index (χ1n) is 5.93. The molecule has 0 nitrogen and oxygen atoms in total. The molecule has 2 aromatic rings. The maximum atomic E-state index is 2.33. The Morgan fingerprint density at radius 1 is 0.800 bits per heavy atom. The Hall–Kier alpha value is -0.356. The molecule has 3 rings (SSSR count). The quantitative estimate of drug-likeness (QED) is 0.438. The topological polar surface area (TPSA) is 0 Å². The molecule has 0 saturated heterocycles. The number of allylic oxidation sites excluding steroid dienone is 2. The summed E-state index contributed by atoms with van der Waals surface area (Å²) in [7, 11) is 1.36. The van der Waals surface area contributed by atoms with Crippen LogP contribution in [0.1, 0.15) is 11.1 Å². The molecule has 1 aliphatic heterocycles. The van der Waals surface area contributed by atoms with Crippen molar-refractivity contribution in [2.24, 2.45) is 0 Å². The Kier molecular flexibility index (Phi) is 6.72. The summed E-state index contributed by atoms with van der Waals surface area (Å²) < 4.78 is 0.117. The minimum absolute atomic E-state index is 0. The summed E-state index contributed by atoms with van der Waals surface area (Å²) in [5, 5.41) is 1.40. The molecule has 0 fully saturated rings. The van der Waals surface area contributed by atoms with E-state index in [1.165, 1.54) is 24.6 Å². The van der Waals surface area contributed by atoms with Crippen LogP contribution in [-0.2, 0) is 23.9 Å². The van der Waals surface area contributed by atoms with E-state index in [2.05, 4.69) is 93.3 Å². The van der Waals surface area contributed by atoms with Gasteiger partial charge in [-0.3, -0.25) is 0 Å². The Bertz CT molecular complexity index is 611. The number of benzene rings is 2. The van der Waals surface area contributed by atoms with Crippen molar-refractivity contribution in [3.05, 3.63) is 83.9 Å². The van der Waals surface area contributed by atoms with Gasteiger partial charge in [0.15, 0.2) is 0 Å². The third-order valence-corrected chi connectivity index (χ3v) is 5.71. The second-order valence-corrected chi connectivity index (χ2v) is 7.63. The molecule has 0 N–H and O–H groups in total. The first kappa shape index (κ1) is 17.7. The molecule has 1 aliphatic rings. The molecule has 1 unspecified atom stereocenters. The minimum atomic E-state index is 0. The third-order valence-electron chi connectivity index (χ3n) is 3.06. The summed E-state index contributed by atoms with van der Waals surface area (Å²) in [6.45, 7) is 0. The zero-order chi connectivity index (χ0) is 12.4. The molecule has 0 spiro atoms. The van der Waals surface area contributed by atoms with Crippen molar-refractivity contribution in [2.75, 3.05) is 0 Å². The zero-order valence-electron chi connectivity index (χ0n) is 10.6. The molecule has 0 saturated carbocycles. The van der Waals surface area contributed by atoms with Gasteiger partial charge in [-0.1, -0.05) is 0 Å². The molecule has 1 atom stereocenters. The standard InChI is InChI=1S/C16H12P.2ClH.Ti/c1-3-7-13(8-4-1)15-11-12-16(17-15)14-9-5-2-6-10-14;;;/h1-12H;2*1H;/q;;;+2/p-2. The molecule has 0 radical (unpaired) electrons. The van der Waals surface area contributed by atoms with Crippen LogP contribution >= 0.6 is 8.20 Å². The molecule has 0 amide bonds. The van der Waals surface area contributed by atoms with Crippen LogP contribution < -0.4 is 24.8 Å². The molecule has 20 heavy (non-hydrogen) atoms. The van der Waals surface area contributed by atoms with Crippen molar-refractivity contribution in [1.82, 2.24) is 0 Å². The van der Waals surface area contributed by atoms with E-state index in [1.54, 1.807) is 0 Å². The van der Waals surface area contributed by atoms with Gasteiger partial charge >= 0.3 is 121 Å². The van der Waals surface area contributed by atoms with Gasteiger partial charge in [0, 0.05) is 0 Å². The summed E-state index contributed by atoms with van der Waals surface area (Å²) in [5.74, 6) is 0. The summed E-state index contributed by atoms with van der Waals surface area (Å²) in [6.07, 6.45) is 4.59. The monoisotopic (exact) mass is 353 g/mol. The molecule has 4 heteroatoms. The van der Waals surface area contributed by atoms with Crippen molar-refractivity contribution < 1.29 is 45.2 Å². The predicted octanol–water partition coefficient (Wildman–Crippen LogP) is -1.87. The van der Waals surface area contributed by atoms with Gasteiger partial charge in [-0.2, -0.15) is 0 Å². The Balaban J connectivity index is 0.000001000. The van der Waals surface area contributed by atoms with Crippen molar-refractivity contribution in [3.8, 4) is 0 Å². The summed E-state index contributed by atoms with van der Waals surface area (Å²) in [6, 6.07) is 21.4. The fourth-order valence-corrected chi connectivity index (χ4v) is 4.28. The number of hydrogen-bond donors (Lipinski definition) is 0. The van der Waals surface area contributed by atoms with Crippen LogP contribution in [0.15, 0.2) is 72.8 Å². The number of rotatable bonds is 2. The molecule has 0 aromatic heterocycles. The van der Waals surface area contributed by atoms with Gasteiger partial charge in [0.05, 0.1) is 0 Å². The summed E-state index contributed by atoms with van der Waals surface area (Å²) >= 11 is 2.30. The average molecular weight is 354 g/mol. The fourth-order valence-electron chi connectivity index (χ4n) is 2.09. The van der Waals surface area contributed by atoms with E-state index in [4.69, 9.17) is 0 Å². The third kappa shape index (κ3) is 3.64. The second kappa shape index (κ2) is 7.60. The fraction of sp³-hybridized carbons (Fsp3) is 0.0625. The van der Waals surface area contributed by atoms with Gasteiger partial charge in [0.25, 0.3) is 0 Å². The van der Waals surface area contributed by atoms with E-state index >= 15 is 0 Å². The summed E-state index contributed by atoms with van der Waals surface area (Å²) in [5.41, 5.74) is 2.71. The molecule has 99 valence electrons. The van der Waals surface area contributed by atoms with Crippen LogP contribution in [0.3, 0.4) is 0 Å². The maximum absolute atomic E-state index is 2.33. The molecule has 0 aliphatic carbocycles. The van der Waals surface area contributed by atoms with Gasteiger partial charge in [0.2, 0.25) is 0 Å². The van der Waals surface area contributed by atoms with Crippen LogP contribution in [0.25, 0.3) is 0 Å². The normalized spacial score (nSPS) is 20.6. The van der Waals surface area contributed by atoms with Crippen molar-refractivity contribution in [3.63, 3.8) is 0 Å². The van der Waals surface area contributed by atoms with Crippen LogP contribution in [0.2, 0.25) is 0 Å². The van der Waals surface area contributed by atoms with Gasteiger partial charge in [-0.25, -0.2) is 0 Å². The van der Waals surface area contributed by atoms with Gasteiger partial charge in [-0.05, 0) is 0 Å². The molecule has 0 bridgehead atoms.